The van der Waals surface area contributed by atoms with Crippen LogP contribution in [0.2, 0.25) is 0 Å². The maximum Gasteiger partial charge on any atom is 0.472 e. The van der Waals surface area contributed by atoms with Crippen LogP contribution >= 0.6 is 15.6 Å². The Hall–Kier alpha value is -1.94. The molecule has 0 spiro atoms. The largest absolute Gasteiger partial charge is 0.472 e. The average Bonchev–Trinajstić information content (AvgIpc) is 2.99. The first-order valence-electron chi connectivity index (χ1n) is 41.1. The van der Waals surface area contributed by atoms with Crippen LogP contribution in [0.1, 0.15) is 414 Å². The van der Waals surface area contributed by atoms with Gasteiger partial charge in [0.2, 0.25) is 0 Å². The van der Waals surface area contributed by atoms with Crippen molar-refractivity contribution in [2.24, 2.45) is 11.8 Å². The lowest BCUT2D eigenvalue weighted by atomic mass is 9.99. The molecular weight excluding hydrogens is 1280 g/mol. The fraction of sp³-hybridized carbons (Fsp3) is 0.949. The highest BCUT2D eigenvalue weighted by Crippen LogP contribution is 2.45. The molecule has 0 saturated heterocycles. The molecule has 0 rings (SSSR count). The van der Waals surface area contributed by atoms with Crippen molar-refractivity contribution in [3.63, 3.8) is 0 Å². The molecule has 0 bridgehead atoms. The van der Waals surface area contributed by atoms with E-state index < -0.39 is 97.5 Å². The first-order chi connectivity index (χ1) is 47.4. The third-order valence-electron chi connectivity index (χ3n) is 19.2. The van der Waals surface area contributed by atoms with Gasteiger partial charge in [0, 0.05) is 25.7 Å². The van der Waals surface area contributed by atoms with Crippen molar-refractivity contribution in [3.05, 3.63) is 0 Å². The standard InChI is InChI=1S/C79H154O17P2/c1-7-11-13-15-17-18-31-39-45-51-57-63-78(83)95-74(67-89-76(81)61-55-49-41-16-14-12-8-2)69-93-97(85,86)91-65-73(80)66-92-98(87,88)94-70-75(68-90-77(82)62-56-50-44-38-34-29-26-25-28-33-37-43-48-54-60-72(6)10-4)96-79(84)64-58-52-46-40-35-30-24-22-20-19-21-23-27-32-36-42-47-53-59-71(5)9-3/h71-75,80H,7-70H2,1-6H3,(H,85,86)(H,87,88)/t71?,72?,73-,74+,75+/m0/s1. The Morgan fingerprint density at radius 1 is 0.286 bits per heavy atom. The molecule has 0 aromatic rings. The molecule has 0 fully saturated rings. The second kappa shape index (κ2) is 70.7. The molecule has 0 radical (unpaired) electrons. The van der Waals surface area contributed by atoms with E-state index in [1.807, 2.05) is 0 Å². The molecule has 4 unspecified atom stereocenters. The summed E-state index contributed by atoms with van der Waals surface area (Å²) in [4.78, 5) is 72.7. The molecule has 3 N–H and O–H groups in total. The number of hydrogen-bond acceptors (Lipinski definition) is 15. The summed E-state index contributed by atoms with van der Waals surface area (Å²) in [5.74, 6) is -0.395. The average molecular weight is 1440 g/mol. The second-order valence-electron chi connectivity index (χ2n) is 28.9. The number of rotatable bonds is 78. The number of phosphoric acid groups is 2. The van der Waals surface area contributed by atoms with Gasteiger partial charge in [-0.15, -0.1) is 0 Å². The van der Waals surface area contributed by atoms with Gasteiger partial charge in [-0.25, -0.2) is 9.13 Å². The quantitative estimate of drug-likeness (QED) is 0.0222. The van der Waals surface area contributed by atoms with E-state index in [0.29, 0.717) is 25.7 Å². The van der Waals surface area contributed by atoms with Gasteiger partial charge < -0.3 is 33.8 Å². The van der Waals surface area contributed by atoms with Gasteiger partial charge in [-0.05, 0) is 37.5 Å². The number of esters is 4. The van der Waals surface area contributed by atoms with Crippen molar-refractivity contribution >= 4 is 39.5 Å². The molecule has 0 aromatic heterocycles. The second-order valence-corrected chi connectivity index (χ2v) is 31.8. The van der Waals surface area contributed by atoms with E-state index in [-0.39, 0.29) is 25.7 Å². The zero-order chi connectivity index (χ0) is 72.1. The van der Waals surface area contributed by atoms with Crippen LogP contribution in [0.3, 0.4) is 0 Å². The Balaban J connectivity index is 5.16. The number of carbonyl (C=O) groups excluding carboxylic acids is 4. The number of aliphatic hydroxyl groups is 1. The first-order valence-corrected chi connectivity index (χ1v) is 44.1. The highest BCUT2D eigenvalue weighted by atomic mass is 31.2. The van der Waals surface area contributed by atoms with Crippen molar-refractivity contribution in [1.29, 1.82) is 0 Å². The van der Waals surface area contributed by atoms with Crippen LogP contribution in [0.15, 0.2) is 0 Å². The molecule has 0 aliphatic heterocycles. The fourth-order valence-electron chi connectivity index (χ4n) is 12.1. The number of carbonyl (C=O) groups is 4. The predicted molar refractivity (Wildman–Crippen MR) is 400 cm³/mol. The smallest absolute Gasteiger partial charge is 0.462 e. The maximum absolute atomic E-state index is 13.1. The molecule has 0 amide bonds. The normalized spacial score (nSPS) is 14.5. The first kappa shape index (κ1) is 96.1. The van der Waals surface area contributed by atoms with Crippen molar-refractivity contribution in [2.75, 3.05) is 39.6 Å². The summed E-state index contributed by atoms with van der Waals surface area (Å²) in [6.45, 7) is 9.69. The van der Waals surface area contributed by atoms with Crippen LogP contribution < -0.4 is 0 Å². The summed E-state index contributed by atoms with van der Waals surface area (Å²) in [6, 6.07) is 0. The minimum Gasteiger partial charge on any atom is -0.462 e. The highest BCUT2D eigenvalue weighted by Gasteiger charge is 2.30. The number of ether oxygens (including phenoxy) is 4. The van der Waals surface area contributed by atoms with Gasteiger partial charge in [0.05, 0.1) is 26.4 Å². The van der Waals surface area contributed by atoms with Gasteiger partial charge >= 0.3 is 39.5 Å². The Morgan fingerprint density at radius 2 is 0.490 bits per heavy atom. The van der Waals surface area contributed by atoms with Gasteiger partial charge in [0.25, 0.3) is 0 Å². The summed E-state index contributed by atoms with van der Waals surface area (Å²) in [7, 11) is -9.91. The monoisotopic (exact) mass is 1440 g/mol. The molecule has 7 atom stereocenters. The van der Waals surface area contributed by atoms with E-state index in [1.54, 1.807) is 0 Å². The lowest BCUT2D eigenvalue weighted by Crippen LogP contribution is -2.30. The molecule has 17 nitrogen and oxygen atoms in total. The van der Waals surface area contributed by atoms with Crippen LogP contribution in [-0.4, -0.2) is 96.7 Å². The van der Waals surface area contributed by atoms with Gasteiger partial charge in [0.15, 0.2) is 12.2 Å². The van der Waals surface area contributed by atoms with Crippen LogP contribution in [0.25, 0.3) is 0 Å². The summed E-state index contributed by atoms with van der Waals surface area (Å²) in [5.41, 5.74) is 0. The molecule has 582 valence electrons. The molecule has 98 heavy (non-hydrogen) atoms. The van der Waals surface area contributed by atoms with E-state index in [2.05, 4.69) is 41.5 Å². The Labute approximate surface area is 600 Å². The van der Waals surface area contributed by atoms with E-state index in [9.17, 15) is 43.2 Å². The molecule has 19 heteroatoms. The molecule has 0 aliphatic carbocycles. The minimum atomic E-state index is -4.96. The lowest BCUT2D eigenvalue weighted by Gasteiger charge is -2.21. The third kappa shape index (κ3) is 69.8. The van der Waals surface area contributed by atoms with Crippen LogP contribution in [0.5, 0.6) is 0 Å². The molecular formula is C79H154O17P2. The topological polar surface area (TPSA) is 237 Å². The summed E-state index contributed by atoms with van der Waals surface area (Å²) < 4.78 is 68.5. The Morgan fingerprint density at radius 3 is 0.724 bits per heavy atom. The Kier molecular flexibility index (Phi) is 69.3. The summed E-state index contributed by atoms with van der Waals surface area (Å²) in [6.07, 6.45) is 59.8. The Bertz CT molecular complexity index is 1890. The number of phosphoric ester groups is 2. The molecule has 0 heterocycles. The maximum atomic E-state index is 13.1. The van der Waals surface area contributed by atoms with Crippen molar-refractivity contribution in [1.82, 2.24) is 0 Å². The summed E-state index contributed by atoms with van der Waals surface area (Å²) >= 11 is 0. The van der Waals surface area contributed by atoms with Crippen molar-refractivity contribution in [3.8, 4) is 0 Å². The molecule has 0 aromatic carbocycles. The van der Waals surface area contributed by atoms with Crippen LogP contribution in [0.4, 0.5) is 0 Å². The van der Waals surface area contributed by atoms with Crippen LogP contribution in [-0.2, 0) is 65.4 Å². The molecule has 0 aliphatic rings. The number of aliphatic hydroxyl groups excluding tert-OH is 1. The van der Waals surface area contributed by atoms with Gasteiger partial charge in [-0.1, -0.05) is 363 Å². The highest BCUT2D eigenvalue weighted by molar-refractivity contribution is 7.47. The zero-order valence-electron chi connectivity index (χ0n) is 64.1. The fourth-order valence-corrected chi connectivity index (χ4v) is 13.7. The minimum absolute atomic E-state index is 0.107. The zero-order valence-corrected chi connectivity index (χ0v) is 65.9. The van der Waals surface area contributed by atoms with Gasteiger partial charge in [-0.3, -0.25) is 37.3 Å². The SMILES string of the molecule is CCCCCCCCCCCCCC(=O)O[C@H](COC(=O)CCCCCCCCC)COP(=O)(O)OC[C@H](O)COP(=O)(O)OC[C@@H](COC(=O)CCCCCCCCCCCCCCCCC(C)CC)OC(=O)CCCCCCCCCCCCCCCCCCCCC(C)CC. The van der Waals surface area contributed by atoms with Gasteiger partial charge in [-0.2, -0.15) is 0 Å². The van der Waals surface area contributed by atoms with E-state index in [4.69, 9.17) is 37.0 Å². The predicted octanol–water partition coefficient (Wildman–Crippen LogP) is 23.5. The van der Waals surface area contributed by atoms with Crippen molar-refractivity contribution in [2.45, 2.75) is 432 Å². The van der Waals surface area contributed by atoms with E-state index in [0.717, 1.165) is 115 Å². The van der Waals surface area contributed by atoms with E-state index in [1.165, 1.54) is 218 Å². The third-order valence-corrected chi connectivity index (χ3v) is 21.1. The summed E-state index contributed by atoms with van der Waals surface area (Å²) in [5, 5.41) is 10.6. The van der Waals surface area contributed by atoms with E-state index >= 15 is 0 Å². The lowest BCUT2D eigenvalue weighted by molar-refractivity contribution is -0.161. The van der Waals surface area contributed by atoms with Gasteiger partial charge in [0.1, 0.15) is 19.3 Å². The van der Waals surface area contributed by atoms with Crippen LogP contribution in [0, 0.1) is 11.8 Å². The molecule has 0 saturated carbocycles. The number of hydrogen-bond donors (Lipinski definition) is 3. The van der Waals surface area contributed by atoms with Crippen molar-refractivity contribution < 1.29 is 80.2 Å². The number of unbranched alkanes of at least 4 members (excludes halogenated alkanes) is 46.